The van der Waals surface area contributed by atoms with Gasteiger partial charge >= 0.3 is 0 Å². The third-order valence-corrected chi connectivity index (χ3v) is 3.28. The molecule has 0 atom stereocenters. The van der Waals surface area contributed by atoms with Gasteiger partial charge in [-0.15, -0.1) is 0 Å². The minimum atomic E-state index is 0.107. The molecule has 2 rings (SSSR count). The highest BCUT2D eigenvalue weighted by atomic mass is 16.4. The molecule has 0 aromatic carbocycles. The summed E-state index contributed by atoms with van der Waals surface area (Å²) in [5, 5.41) is 3.43. The fourth-order valence-corrected chi connectivity index (χ4v) is 2.03. The highest BCUT2D eigenvalue weighted by molar-refractivity contribution is 5.27. The molecule has 0 amide bonds. The fourth-order valence-electron chi connectivity index (χ4n) is 2.03. The van der Waals surface area contributed by atoms with E-state index in [2.05, 4.69) is 42.9 Å². The second-order valence-corrected chi connectivity index (χ2v) is 6.61. The molecule has 1 fully saturated rings. The Morgan fingerprint density at radius 2 is 2.16 bits per heavy atom. The van der Waals surface area contributed by atoms with E-state index in [0.29, 0.717) is 0 Å². The van der Waals surface area contributed by atoms with Crippen LogP contribution in [0.1, 0.15) is 52.7 Å². The van der Waals surface area contributed by atoms with Gasteiger partial charge in [0.15, 0.2) is 0 Å². The number of aromatic nitrogens is 1. The Bertz CT molecular complexity index is 390. The first-order valence-electron chi connectivity index (χ1n) is 7.42. The van der Waals surface area contributed by atoms with Crippen molar-refractivity contribution in [3.8, 4) is 0 Å². The summed E-state index contributed by atoms with van der Waals surface area (Å²) in [4.78, 5) is 6.90. The monoisotopic (exact) mass is 265 g/mol. The molecule has 1 aromatic heterocycles. The summed E-state index contributed by atoms with van der Waals surface area (Å²) < 4.78 is 5.65. The normalized spacial score (nSPS) is 15.8. The lowest BCUT2D eigenvalue weighted by Crippen LogP contribution is -2.35. The van der Waals surface area contributed by atoms with Gasteiger partial charge in [-0.25, -0.2) is 0 Å². The molecular weight excluding hydrogens is 238 g/mol. The van der Waals surface area contributed by atoms with Crippen molar-refractivity contribution in [2.45, 2.75) is 59.0 Å². The number of hydrogen-bond acceptors (Lipinski definition) is 4. The van der Waals surface area contributed by atoms with Crippen molar-refractivity contribution in [3.05, 3.63) is 12.0 Å². The Hall–Kier alpha value is -1.03. The zero-order valence-corrected chi connectivity index (χ0v) is 12.7. The topological polar surface area (TPSA) is 41.3 Å². The maximum atomic E-state index is 5.65. The van der Waals surface area contributed by atoms with Crippen molar-refractivity contribution in [3.63, 3.8) is 0 Å². The molecule has 1 aromatic rings. The molecule has 0 aliphatic heterocycles. The van der Waals surface area contributed by atoms with Crippen LogP contribution in [-0.2, 0) is 6.54 Å². The first-order chi connectivity index (χ1) is 8.98. The third-order valence-electron chi connectivity index (χ3n) is 3.28. The van der Waals surface area contributed by atoms with Crippen LogP contribution < -0.4 is 10.2 Å². The minimum absolute atomic E-state index is 0.107. The van der Waals surface area contributed by atoms with Crippen LogP contribution in [0.3, 0.4) is 0 Å². The molecule has 1 saturated carbocycles. The van der Waals surface area contributed by atoms with Crippen molar-refractivity contribution < 1.29 is 4.42 Å². The van der Waals surface area contributed by atoms with E-state index in [1.54, 1.807) is 6.26 Å². The molecule has 19 heavy (non-hydrogen) atoms. The van der Waals surface area contributed by atoms with Gasteiger partial charge < -0.3 is 14.6 Å². The molecule has 4 heteroatoms. The molecule has 4 nitrogen and oxygen atoms in total. The Morgan fingerprint density at radius 3 is 2.74 bits per heavy atom. The zero-order valence-electron chi connectivity index (χ0n) is 12.7. The Balaban J connectivity index is 1.92. The highest BCUT2D eigenvalue weighted by Crippen LogP contribution is 2.31. The Kier molecular flexibility index (Phi) is 4.50. The largest absolute Gasteiger partial charge is 0.432 e. The Morgan fingerprint density at radius 1 is 1.42 bits per heavy atom. The summed E-state index contributed by atoms with van der Waals surface area (Å²) in [6.07, 6.45) is 5.63. The molecule has 1 heterocycles. The standard InChI is InChI=1S/C15H27N3O/c1-5-8-18(10-12-6-7-12)14-17-13(11-19-14)9-16-15(2,3)4/h11-12,16H,5-10H2,1-4H3. The van der Waals surface area contributed by atoms with E-state index in [9.17, 15) is 0 Å². The van der Waals surface area contributed by atoms with E-state index in [-0.39, 0.29) is 5.54 Å². The molecule has 1 aliphatic rings. The SMILES string of the molecule is CCCN(CC1CC1)c1nc(CNC(C)(C)C)co1. The number of nitrogens with one attached hydrogen (secondary N) is 1. The molecular formula is C15H27N3O. The van der Waals surface area contributed by atoms with Crippen LogP contribution >= 0.6 is 0 Å². The van der Waals surface area contributed by atoms with Crippen LogP contribution in [0.2, 0.25) is 0 Å². The summed E-state index contributed by atoms with van der Waals surface area (Å²) in [5.41, 5.74) is 1.10. The smallest absolute Gasteiger partial charge is 0.297 e. The fraction of sp³-hybridized carbons (Fsp3) is 0.800. The number of anilines is 1. The third kappa shape index (κ3) is 4.86. The van der Waals surface area contributed by atoms with Crippen molar-refractivity contribution in [2.75, 3.05) is 18.0 Å². The summed E-state index contributed by atoms with van der Waals surface area (Å²) in [5.74, 6) is 0.856. The maximum absolute atomic E-state index is 5.65. The average molecular weight is 265 g/mol. The van der Waals surface area contributed by atoms with Crippen molar-refractivity contribution in [1.82, 2.24) is 10.3 Å². The average Bonchev–Trinajstić information content (AvgIpc) is 3.01. The second kappa shape index (κ2) is 5.95. The lowest BCUT2D eigenvalue weighted by molar-refractivity contribution is 0.421. The van der Waals surface area contributed by atoms with Crippen LogP contribution in [0, 0.1) is 5.92 Å². The predicted molar refractivity (Wildman–Crippen MR) is 78.3 cm³/mol. The van der Waals surface area contributed by atoms with Gasteiger partial charge in [0.2, 0.25) is 0 Å². The van der Waals surface area contributed by atoms with Gasteiger partial charge in [-0.2, -0.15) is 4.98 Å². The Labute approximate surface area is 116 Å². The number of hydrogen-bond donors (Lipinski definition) is 1. The number of oxazole rings is 1. The molecule has 108 valence electrons. The predicted octanol–water partition coefficient (Wildman–Crippen LogP) is 3.19. The van der Waals surface area contributed by atoms with E-state index in [4.69, 9.17) is 4.42 Å². The van der Waals surface area contributed by atoms with Crippen LogP contribution in [0.15, 0.2) is 10.7 Å². The lowest BCUT2D eigenvalue weighted by atomic mass is 10.1. The first kappa shape index (κ1) is 14.4. The van der Waals surface area contributed by atoms with E-state index in [0.717, 1.165) is 43.7 Å². The molecule has 0 spiro atoms. The van der Waals surface area contributed by atoms with Gasteiger partial charge in [0.05, 0.1) is 5.69 Å². The molecule has 0 saturated heterocycles. The number of rotatable bonds is 7. The summed E-state index contributed by atoms with van der Waals surface area (Å²) in [6.45, 7) is 11.6. The molecule has 0 radical (unpaired) electrons. The zero-order chi connectivity index (χ0) is 13.9. The molecule has 1 N–H and O–H groups in total. The van der Waals surface area contributed by atoms with Gasteiger partial charge in [0.25, 0.3) is 6.01 Å². The van der Waals surface area contributed by atoms with Crippen molar-refractivity contribution in [2.24, 2.45) is 5.92 Å². The van der Waals surface area contributed by atoms with Crippen LogP contribution in [0.25, 0.3) is 0 Å². The van der Waals surface area contributed by atoms with Gasteiger partial charge in [0.1, 0.15) is 6.26 Å². The van der Waals surface area contributed by atoms with Crippen molar-refractivity contribution in [1.29, 1.82) is 0 Å². The van der Waals surface area contributed by atoms with Gasteiger partial charge in [-0.05, 0) is 46.0 Å². The van der Waals surface area contributed by atoms with Crippen molar-refractivity contribution >= 4 is 6.01 Å². The molecule has 0 unspecified atom stereocenters. The van der Waals surface area contributed by atoms with E-state index in [1.165, 1.54) is 12.8 Å². The van der Waals surface area contributed by atoms with E-state index < -0.39 is 0 Å². The second-order valence-electron chi connectivity index (χ2n) is 6.61. The van der Waals surface area contributed by atoms with Gasteiger partial charge in [-0.3, -0.25) is 0 Å². The van der Waals surface area contributed by atoms with Gasteiger partial charge in [-0.1, -0.05) is 6.92 Å². The molecule has 1 aliphatic carbocycles. The summed E-state index contributed by atoms with van der Waals surface area (Å²) >= 11 is 0. The van der Waals surface area contributed by atoms with Crippen LogP contribution in [-0.4, -0.2) is 23.6 Å². The highest BCUT2D eigenvalue weighted by Gasteiger charge is 2.26. The first-order valence-corrected chi connectivity index (χ1v) is 7.42. The lowest BCUT2D eigenvalue weighted by Gasteiger charge is -2.20. The quantitative estimate of drug-likeness (QED) is 0.822. The summed E-state index contributed by atoms with van der Waals surface area (Å²) in [7, 11) is 0. The minimum Gasteiger partial charge on any atom is -0.432 e. The maximum Gasteiger partial charge on any atom is 0.297 e. The van der Waals surface area contributed by atoms with Crippen LogP contribution in [0.5, 0.6) is 0 Å². The van der Waals surface area contributed by atoms with E-state index >= 15 is 0 Å². The number of nitrogens with zero attached hydrogens (tertiary/aromatic N) is 2. The summed E-state index contributed by atoms with van der Waals surface area (Å²) in [6, 6.07) is 0.791. The van der Waals surface area contributed by atoms with Crippen LogP contribution in [0.4, 0.5) is 6.01 Å². The van der Waals surface area contributed by atoms with Gasteiger partial charge in [0, 0.05) is 25.2 Å². The molecule has 0 bridgehead atoms. The van der Waals surface area contributed by atoms with E-state index in [1.807, 2.05) is 0 Å².